The summed E-state index contributed by atoms with van der Waals surface area (Å²) in [7, 11) is 0. The first-order chi connectivity index (χ1) is 8.99. The number of hydrogen-bond donors (Lipinski definition) is 1. The number of phenolic OH excluding ortho intramolecular Hbond substituents is 1. The van der Waals surface area contributed by atoms with E-state index in [1.165, 1.54) is 0 Å². The molecule has 0 radical (unpaired) electrons. The monoisotopic (exact) mass is 258 g/mol. The number of phenols is 1. The lowest BCUT2D eigenvalue weighted by Crippen LogP contribution is -2.30. The van der Waals surface area contributed by atoms with Crippen molar-refractivity contribution in [2.24, 2.45) is 17.8 Å². The third-order valence-corrected chi connectivity index (χ3v) is 4.08. The maximum absolute atomic E-state index is 12.5. The number of allylic oxidation sites excluding steroid dienone is 1. The summed E-state index contributed by atoms with van der Waals surface area (Å²) in [5.41, 5.74) is 1.92. The number of aromatic hydroxyl groups is 1. The molecule has 1 aromatic rings. The summed E-state index contributed by atoms with van der Waals surface area (Å²) in [5, 5.41) is 9.29. The number of ketones is 1. The summed E-state index contributed by atoms with van der Waals surface area (Å²) in [5.74, 6) is 1.46. The lowest BCUT2D eigenvalue weighted by molar-refractivity contribution is -0.122. The van der Waals surface area contributed by atoms with Crippen molar-refractivity contribution in [1.29, 1.82) is 0 Å². The fraction of sp³-hybridized carbons (Fsp3) is 0.471. The van der Waals surface area contributed by atoms with E-state index < -0.39 is 0 Å². The molecule has 0 aromatic heterocycles. The van der Waals surface area contributed by atoms with Crippen molar-refractivity contribution in [2.75, 3.05) is 0 Å². The molecule has 2 nitrogen and oxygen atoms in total. The van der Waals surface area contributed by atoms with Gasteiger partial charge in [-0.2, -0.15) is 0 Å². The standard InChI is InChI=1S/C17H22O2/c1-11(2)15-9-4-12(3)16(17(15)19)10-13-5-7-14(18)8-6-13/h5-8,10-12,15,18H,4,9H2,1-3H3/t12-,15-/m0/s1. The van der Waals surface area contributed by atoms with E-state index in [9.17, 15) is 9.90 Å². The van der Waals surface area contributed by atoms with Gasteiger partial charge in [0.2, 0.25) is 0 Å². The number of benzene rings is 1. The van der Waals surface area contributed by atoms with E-state index in [2.05, 4.69) is 20.8 Å². The van der Waals surface area contributed by atoms with Gasteiger partial charge in [-0.3, -0.25) is 4.79 Å². The van der Waals surface area contributed by atoms with Crippen molar-refractivity contribution >= 4 is 11.9 Å². The van der Waals surface area contributed by atoms with E-state index in [-0.39, 0.29) is 11.7 Å². The molecule has 2 atom stereocenters. The lowest BCUT2D eigenvalue weighted by Gasteiger charge is -2.30. The molecular weight excluding hydrogens is 236 g/mol. The van der Waals surface area contributed by atoms with Crippen LogP contribution in [0.5, 0.6) is 5.75 Å². The first kappa shape index (κ1) is 13.9. The van der Waals surface area contributed by atoms with Gasteiger partial charge in [0.1, 0.15) is 5.75 Å². The summed E-state index contributed by atoms with van der Waals surface area (Å²) in [6.45, 7) is 6.37. The van der Waals surface area contributed by atoms with Crippen molar-refractivity contribution in [3.63, 3.8) is 0 Å². The Balaban J connectivity index is 2.29. The Morgan fingerprint density at radius 3 is 2.42 bits per heavy atom. The van der Waals surface area contributed by atoms with Crippen LogP contribution in [0.15, 0.2) is 29.8 Å². The third-order valence-electron chi connectivity index (χ3n) is 4.08. The van der Waals surface area contributed by atoms with Crippen LogP contribution < -0.4 is 0 Å². The molecule has 0 bridgehead atoms. The van der Waals surface area contributed by atoms with Gasteiger partial charge in [-0.1, -0.05) is 32.9 Å². The Labute approximate surface area is 115 Å². The van der Waals surface area contributed by atoms with E-state index in [0.29, 0.717) is 17.6 Å². The Morgan fingerprint density at radius 1 is 1.21 bits per heavy atom. The molecule has 1 aliphatic rings. The second-order valence-electron chi connectivity index (χ2n) is 5.88. The van der Waals surface area contributed by atoms with Crippen molar-refractivity contribution < 1.29 is 9.90 Å². The molecule has 1 fully saturated rings. The van der Waals surface area contributed by atoms with Gasteiger partial charge in [0.25, 0.3) is 0 Å². The van der Waals surface area contributed by atoms with Crippen LogP contribution in [0.25, 0.3) is 6.08 Å². The van der Waals surface area contributed by atoms with Gasteiger partial charge in [0.15, 0.2) is 5.78 Å². The second kappa shape index (κ2) is 5.60. The molecule has 2 rings (SSSR count). The molecule has 2 heteroatoms. The number of Topliss-reactive ketones (excluding diaryl/α,β-unsaturated/α-hetero) is 1. The summed E-state index contributed by atoms with van der Waals surface area (Å²) >= 11 is 0. The van der Waals surface area contributed by atoms with Gasteiger partial charge in [-0.25, -0.2) is 0 Å². The van der Waals surface area contributed by atoms with Crippen molar-refractivity contribution in [1.82, 2.24) is 0 Å². The van der Waals surface area contributed by atoms with E-state index in [1.807, 2.05) is 18.2 Å². The predicted octanol–water partition coefficient (Wildman–Crippen LogP) is 4.05. The summed E-state index contributed by atoms with van der Waals surface area (Å²) < 4.78 is 0. The average Bonchev–Trinajstić information content (AvgIpc) is 2.36. The van der Waals surface area contributed by atoms with Crippen molar-refractivity contribution in [3.05, 3.63) is 35.4 Å². The molecule has 1 saturated carbocycles. The van der Waals surface area contributed by atoms with Crippen LogP contribution in [0.4, 0.5) is 0 Å². The first-order valence-electron chi connectivity index (χ1n) is 7.04. The van der Waals surface area contributed by atoms with Gasteiger partial charge < -0.3 is 5.11 Å². The zero-order valence-corrected chi connectivity index (χ0v) is 11.9. The molecule has 0 unspecified atom stereocenters. The highest BCUT2D eigenvalue weighted by Gasteiger charge is 2.32. The fourth-order valence-corrected chi connectivity index (χ4v) is 2.77. The van der Waals surface area contributed by atoms with Crippen LogP contribution in [-0.4, -0.2) is 10.9 Å². The topological polar surface area (TPSA) is 37.3 Å². The summed E-state index contributed by atoms with van der Waals surface area (Å²) in [4.78, 5) is 12.5. The normalized spacial score (nSPS) is 26.1. The van der Waals surface area contributed by atoms with Crippen LogP contribution in [-0.2, 0) is 4.79 Å². The minimum absolute atomic E-state index is 0.166. The minimum Gasteiger partial charge on any atom is -0.508 e. The maximum Gasteiger partial charge on any atom is 0.162 e. The quantitative estimate of drug-likeness (QED) is 0.813. The molecule has 0 heterocycles. The van der Waals surface area contributed by atoms with E-state index in [4.69, 9.17) is 0 Å². The minimum atomic E-state index is 0.166. The molecule has 0 spiro atoms. The molecule has 1 N–H and O–H groups in total. The highest BCUT2D eigenvalue weighted by Crippen LogP contribution is 2.35. The Morgan fingerprint density at radius 2 is 1.84 bits per heavy atom. The van der Waals surface area contributed by atoms with Gasteiger partial charge in [0, 0.05) is 5.92 Å². The molecule has 102 valence electrons. The van der Waals surface area contributed by atoms with Crippen LogP contribution in [0, 0.1) is 17.8 Å². The Kier molecular flexibility index (Phi) is 4.08. The smallest absolute Gasteiger partial charge is 0.162 e. The number of rotatable bonds is 2. The number of carbonyl (C=O) groups excluding carboxylic acids is 1. The lowest BCUT2D eigenvalue weighted by atomic mass is 9.73. The van der Waals surface area contributed by atoms with E-state index in [0.717, 1.165) is 24.0 Å². The number of hydrogen-bond acceptors (Lipinski definition) is 2. The molecule has 1 aromatic carbocycles. The Hall–Kier alpha value is -1.57. The molecule has 19 heavy (non-hydrogen) atoms. The molecule has 0 saturated heterocycles. The summed E-state index contributed by atoms with van der Waals surface area (Å²) in [6, 6.07) is 7.01. The Bertz CT molecular complexity index is 482. The van der Waals surface area contributed by atoms with E-state index in [1.54, 1.807) is 12.1 Å². The van der Waals surface area contributed by atoms with Crippen LogP contribution in [0.2, 0.25) is 0 Å². The SMILES string of the molecule is CC(C)[C@@H]1CC[C@H](C)C(=Cc2ccc(O)cc2)C1=O. The highest BCUT2D eigenvalue weighted by atomic mass is 16.3. The molecule has 1 aliphatic carbocycles. The van der Waals surface area contributed by atoms with Crippen LogP contribution >= 0.6 is 0 Å². The molecule has 0 aliphatic heterocycles. The van der Waals surface area contributed by atoms with Crippen LogP contribution in [0.1, 0.15) is 39.2 Å². The van der Waals surface area contributed by atoms with Gasteiger partial charge >= 0.3 is 0 Å². The summed E-state index contributed by atoms with van der Waals surface area (Å²) in [6.07, 6.45) is 4.07. The average molecular weight is 258 g/mol. The maximum atomic E-state index is 12.5. The largest absolute Gasteiger partial charge is 0.508 e. The van der Waals surface area contributed by atoms with Crippen molar-refractivity contribution in [3.8, 4) is 5.75 Å². The van der Waals surface area contributed by atoms with Crippen LogP contribution in [0.3, 0.4) is 0 Å². The number of carbonyl (C=O) groups is 1. The highest BCUT2D eigenvalue weighted by molar-refractivity contribution is 6.02. The zero-order valence-electron chi connectivity index (χ0n) is 11.9. The van der Waals surface area contributed by atoms with Gasteiger partial charge in [-0.05, 0) is 54.0 Å². The zero-order chi connectivity index (χ0) is 14.0. The second-order valence-corrected chi connectivity index (χ2v) is 5.88. The van der Waals surface area contributed by atoms with E-state index >= 15 is 0 Å². The van der Waals surface area contributed by atoms with Crippen molar-refractivity contribution in [2.45, 2.75) is 33.6 Å². The fourth-order valence-electron chi connectivity index (χ4n) is 2.77. The molecule has 0 amide bonds. The first-order valence-corrected chi connectivity index (χ1v) is 7.04. The predicted molar refractivity (Wildman–Crippen MR) is 77.8 cm³/mol. The van der Waals surface area contributed by atoms with Gasteiger partial charge in [0.05, 0.1) is 0 Å². The van der Waals surface area contributed by atoms with Gasteiger partial charge in [-0.15, -0.1) is 0 Å². The third kappa shape index (κ3) is 3.06. The molecular formula is C17H22O2.